The number of aryl methyl sites for hydroxylation is 2. The van der Waals surface area contributed by atoms with Crippen molar-refractivity contribution in [2.75, 3.05) is 24.9 Å². The van der Waals surface area contributed by atoms with E-state index in [1.165, 1.54) is 0 Å². The molecule has 0 saturated heterocycles. The van der Waals surface area contributed by atoms with E-state index < -0.39 is 0 Å². The molecule has 1 heterocycles. The van der Waals surface area contributed by atoms with Gasteiger partial charge in [0.05, 0.1) is 14.2 Å². The Labute approximate surface area is 163 Å². The van der Waals surface area contributed by atoms with Gasteiger partial charge in [-0.15, -0.1) is 0 Å². The molecule has 0 bridgehead atoms. The first kappa shape index (κ1) is 19.2. The Bertz CT molecular complexity index is 1000. The summed E-state index contributed by atoms with van der Waals surface area (Å²) in [4.78, 5) is 21.4. The Balaban J connectivity index is 1.82. The van der Waals surface area contributed by atoms with Crippen LogP contribution in [-0.2, 0) is 0 Å². The van der Waals surface area contributed by atoms with E-state index in [-0.39, 0.29) is 11.6 Å². The molecule has 7 nitrogen and oxygen atoms in total. The fraction of sp³-hybridized carbons (Fsp3) is 0.190. The number of carbonyl (C=O) groups excluding carboxylic acids is 1. The lowest BCUT2D eigenvalue weighted by Gasteiger charge is -2.12. The first-order valence-corrected chi connectivity index (χ1v) is 8.72. The molecule has 2 aromatic carbocycles. The van der Waals surface area contributed by atoms with E-state index in [1.807, 2.05) is 38.1 Å². The smallest absolute Gasteiger partial charge is 0.274 e. The lowest BCUT2D eigenvalue weighted by atomic mass is 10.2. The number of anilines is 3. The maximum Gasteiger partial charge on any atom is 0.274 e. The summed E-state index contributed by atoms with van der Waals surface area (Å²) < 4.78 is 10.5. The number of ether oxygens (including phenoxy) is 2. The van der Waals surface area contributed by atoms with Crippen molar-refractivity contribution in [2.45, 2.75) is 13.8 Å². The zero-order valence-electron chi connectivity index (χ0n) is 16.2. The number of amides is 1. The van der Waals surface area contributed by atoms with Gasteiger partial charge in [0.25, 0.3) is 5.91 Å². The highest BCUT2D eigenvalue weighted by molar-refractivity contribution is 6.03. The molecule has 3 rings (SSSR count). The van der Waals surface area contributed by atoms with Crippen LogP contribution in [0.5, 0.6) is 11.5 Å². The summed E-state index contributed by atoms with van der Waals surface area (Å²) in [6.07, 6.45) is 0. The molecule has 3 aromatic rings. The second-order valence-electron chi connectivity index (χ2n) is 6.18. The molecule has 0 aliphatic heterocycles. The van der Waals surface area contributed by atoms with E-state index in [0.29, 0.717) is 28.8 Å². The van der Waals surface area contributed by atoms with Crippen molar-refractivity contribution in [3.8, 4) is 11.5 Å². The highest BCUT2D eigenvalue weighted by Crippen LogP contribution is 2.30. The average molecular weight is 378 g/mol. The third kappa shape index (κ3) is 4.37. The maximum absolute atomic E-state index is 12.7. The summed E-state index contributed by atoms with van der Waals surface area (Å²) in [5.74, 6) is 1.14. The number of para-hydroxylation sites is 1. The zero-order valence-corrected chi connectivity index (χ0v) is 16.2. The Morgan fingerprint density at radius 1 is 0.929 bits per heavy atom. The van der Waals surface area contributed by atoms with E-state index in [9.17, 15) is 4.79 Å². The molecular formula is C21H22N4O3. The minimum atomic E-state index is -0.342. The fourth-order valence-electron chi connectivity index (χ4n) is 2.68. The van der Waals surface area contributed by atoms with E-state index in [1.54, 1.807) is 38.5 Å². The molecule has 1 amide bonds. The van der Waals surface area contributed by atoms with Gasteiger partial charge in [-0.1, -0.05) is 18.2 Å². The number of hydrogen-bond acceptors (Lipinski definition) is 6. The minimum absolute atomic E-state index is 0.262. The van der Waals surface area contributed by atoms with Gasteiger partial charge in [-0.2, -0.15) is 0 Å². The average Bonchev–Trinajstić information content (AvgIpc) is 2.69. The molecule has 28 heavy (non-hydrogen) atoms. The molecule has 0 radical (unpaired) electrons. The molecule has 144 valence electrons. The van der Waals surface area contributed by atoms with Crippen LogP contribution in [0.3, 0.4) is 0 Å². The number of methoxy groups -OCH3 is 2. The summed E-state index contributed by atoms with van der Waals surface area (Å²) in [7, 11) is 3.10. The molecule has 0 aliphatic carbocycles. The molecule has 0 atom stereocenters. The molecular weight excluding hydrogens is 356 g/mol. The van der Waals surface area contributed by atoms with Gasteiger partial charge >= 0.3 is 0 Å². The van der Waals surface area contributed by atoms with E-state index >= 15 is 0 Å². The molecule has 0 spiro atoms. The van der Waals surface area contributed by atoms with Crippen molar-refractivity contribution in [3.63, 3.8) is 0 Å². The molecule has 0 aliphatic rings. The predicted molar refractivity (Wildman–Crippen MR) is 109 cm³/mol. The summed E-state index contributed by atoms with van der Waals surface area (Å²) in [6, 6.07) is 14.6. The van der Waals surface area contributed by atoms with E-state index in [4.69, 9.17) is 9.47 Å². The summed E-state index contributed by atoms with van der Waals surface area (Å²) >= 11 is 0. The Morgan fingerprint density at radius 2 is 1.68 bits per heavy atom. The van der Waals surface area contributed by atoms with E-state index in [2.05, 4.69) is 20.6 Å². The largest absolute Gasteiger partial charge is 0.493 e. The number of benzene rings is 2. The van der Waals surface area contributed by atoms with Crippen LogP contribution in [0.25, 0.3) is 0 Å². The molecule has 7 heteroatoms. The predicted octanol–water partition coefficient (Wildman–Crippen LogP) is 4.11. The van der Waals surface area contributed by atoms with Gasteiger partial charge < -0.3 is 20.1 Å². The second-order valence-corrected chi connectivity index (χ2v) is 6.18. The van der Waals surface area contributed by atoms with Gasteiger partial charge in [-0.3, -0.25) is 4.79 Å². The van der Waals surface area contributed by atoms with Crippen molar-refractivity contribution in [1.82, 2.24) is 9.97 Å². The number of nitrogens with one attached hydrogen (secondary N) is 2. The molecule has 1 aromatic heterocycles. The van der Waals surface area contributed by atoms with Gasteiger partial charge in [-0.25, -0.2) is 9.97 Å². The van der Waals surface area contributed by atoms with Crippen LogP contribution >= 0.6 is 0 Å². The summed E-state index contributed by atoms with van der Waals surface area (Å²) in [6.45, 7) is 3.81. The van der Waals surface area contributed by atoms with Crippen LogP contribution in [-0.4, -0.2) is 30.1 Å². The molecule has 2 N–H and O–H groups in total. The zero-order chi connectivity index (χ0) is 20.1. The SMILES string of the molecule is COc1ccc(NC(=O)c2cc(C)nc(Nc3ccccc3C)n2)cc1OC. The van der Waals surface area contributed by atoms with Gasteiger partial charge in [-0.05, 0) is 43.7 Å². The monoisotopic (exact) mass is 378 g/mol. The Kier molecular flexibility index (Phi) is 5.74. The highest BCUT2D eigenvalue weighted by atomic mass is 16.5. The lowest BCUT2D eigenvalue weighted by molar-refractivity contribution is 0.102. The Hall–Kier alpha value is -3.61. The van der Waals surface area contributed by atoms with Crippen LogP contribution in [0.15, 0.2) is 48.5 Å². The number of nitrogens with zero attached hydrogens (tertiary/aromatic N) is 2. The van der Waals surface area contributed by atoms with Gasteiger partial charge in [0.2, 0.25) is 5.95 Å². The minimum Gasteiger partial charge on any atom is -0.493 e. The van der Waals surface area contributed by atoms with Gasteiger partial charge in [0.15, 0.2) is 11.5 Å². The standard InChI is InChI=1S/C21H22N4O3/c1-13-7-5-6-8-16(13)24-21-22-14(2)11-17(25-21)20(26)23-15-9-10-18(27-3)19(12-15)28-4/h5-12H,1-4H3,(H,23,26)(H,22,24,25). The van der Waals surface area contributed by atoms with Crippen LogP contribution in [0.2, 0.25) is 0 Å². The topological polar surface area (TPSA) is 85.4 Å². The normalized spacial score (nSPS) is 10.3. The first-order valence-electron chi connectivity index (χ1n) is 8.72. The number of rotatable bonds is 6. The number of aromatic nitrogens is 2. The number of hydrogen-bond donors (Lipinski definition) is 2. The van der Waals surface area contributed by atoms with Crippen molar-refractivity contribution in [2.24, 2.45) is 0 Å². The summed E-state index contributed by atoms with van der Waals surface area (Å²) in [5, 5.41) is 5.99. The van der Waals surface area contributed by atoms with Gasteiger partial charge in [0.1, 0.15) is 5.69 Å². The van der Waals surface area contributed by atoms with E-state index in [0.717, 1.165) is 11.3 Å². The second kappa shape index (κ2) is 8.39. The maximum atomic E-state index is 12.7. The quantitative estimate of drug-likeness (QED) is 0.671. The van der Waals surface area contributed by atoms with Crippen LogP contribution in [0.1, 0.15) is 21.7 Å². The van der Waals surface area contributed by atoms with Crippen molar-refractivity contribution >= 4 is 23.2 Å². The highest BCUT2D eigenvalue weighted by Gasteiger charge is 2.13. The van der Waals surface area contributed by atoms with Crippen molar-refractivity contribution in [1.29, 1.82) is 0 Å². The van der Waals surface area contributed by atoms with Crippen LogP contribution < -0.4 is 20.1 Å². The summed E-state index contributed by atoms with van der Waals surface area (Å²) in [5.41, 5.74) is 3.47. The van der Waals surface area contributed by atoms with Crippen molar-refractivity contribution < 1.29 is 14.3 Å². The first-order chi connectivity index (χ1) is 13.5. The van der Waals surface area contributed by atoms with Crippen LogP contribution in [0.4, 0.5) is 17.3 Å². The number of carbonyl (C=O) groups is 1. The molecule has 0 unspecified atom stereocenters. The van der Waals surface area contributed by atoms with Crippen LogP contribution in [0, 0.1) is 13.8 Å². The molecule has 0 fully saturated rings. The molecule has 0 saturated carbocycles. The third-order valence-corrected chi connectivity index (χ3v) is 4.12. The van der Waals surface area contributed by atoms with Crippen molar-refractivity contribution in [3.05, 3.63) is 65.5 Å². The van der Waals surface area contributed by atoms with Gasteiger partial charge in [0, 0.05) is 23.1 Å². The fourth-order valence-corrected chi connectivity index (χ4v) is 2.68. The third-order valence-electron chi connectivity index (χ3n) is 4.12. The lowest BCUT2D eigenvalue weighted by Crippen LogP contribution is -2.15. The Morgan fingerprint density at radius 3 is 2.39 bits per heavy atom.